The highest BCUT2D eigenvalue weighted by atomic mass is 35.5. The van der Waals surface area contributed by atoms with E-state index in [1.54, 1.807) is 0 Å². The van der Waals surface area contributed by atoms with Crippen molar-refractivity contribution in [2.24, 2.45) is 0 Å². The van der Waals surface area contributed by atoms with E-state index in [-0.39, 0.29) is 0 Å². The van der Waals surface area contributed by atoms with Gasteiger partial charge in [-0.2, -0.15) is 5.26 Å². The molecular formula is C10H13ClN4S. The van der Waals surface area contributed by atoms with Gasteiger partial charge in [0.25, 0.3) is 0 Å². The topological polar surface area (TPSA) is 52.0 Å². The minimum atomic E-state index is 0.320. The lowest BCUT2D eigenvalue weighted by Crippen LogP contribution is -2.54. The SMILES string of the molecule is CC1CN(c2nc(Cl)c(C#N)s2)C(C)CN1. The standard InChI is InChI=1S/C10H13ClN4S/c1-6-5-15(7(2)4-13-6)10-14-9(11)8(3-12)16-10/h6-7,13H,4-5H2,1-2H3. The number of anilines is 1. The molecule has 86 valence electrons. The van der Waals surface area contributed by atoms with Crippen LogP contribution in [0.2, 0.25) is 5.15 Å². The second kappa shape index (κ2) is 4.58. The van der Waals surface area contributed by atoms with Gasteiger partial charge in [0, 0.05) is 25.2 Å². The van der Waals surface area contributed by atoms with Crippen LogP contribution in [0.1, 0.15) is 18.7 Å². The van der Waals surface area contributed by atoms with E-state index in [1.165, 1.54) is 11.3 Å². The van der Waals surface area contributed by atoms with Crippen LogP contribution in [0.15, 0.2) is 0 Å². The van der Waals surface area contributed by atoms with Crippen molar-refractivity contribution in [3.8, 4) is 6.07 Å². The molecule has 0 aromatic carbocycles. The number of nitrogens with one attached hydrogen (secondary N) is 1. The Morgan fingerprint density at radius 2 is 2.38 bits per heavy atom. The number of nitrogens with zero attached hydrogens (tertiary/aromatic N) is 3. The molecule has 1 N–H and O–H groups in total. The zero-order chi connectivity index (χ0) is 11.7. The Bertz CT molecular complexity index is 425. The average Bonchev–Trinajstić information content (AvgIpc) is 2.63. The fraction of sp³-hybridized carbons (Fsp3) is 0.600. The molecule has 2 atom stereocenters. The van der Waals surface area contributed by atoms with Gasteiger partial charge in [-0.3, -0.25) is 0 Å². The summed E-state index contributed by atoms with van der Waals surface area (Å²) >= 11 is 7.25. The Morgan fingerprint density at radius 3 is 3.00 bits per heavy atom. The van der Waals surface area contributed by atoms with Crippen LogP contribution in [0.5, 0.6) is 0 Å². The minimum absolute atomic E-state index is 0.320. The molecular weight excluding hydrogens is 244 g/mol. The minimum Gasteiger partial charge on any atom is -0.342 e. The molecule has 1 aromatic rings. The average molecular weight is 257 g/mol. The van der Waals surface area contributed by atoms with Gasteiger partial charge in [0.05, 0.1) is 0 Å². The molecule has 0 aliphatic carbocycles. The smallest absolute Gasteiger partial charge is 0.188 e. The Kier molecular flexibility index (Phi) is 3.33. The Hall–Kier alpha value is -0.830. The van der Waals surface area contributed by atoms with Gasteiger partial charge in [0.2, 0.25) is 0 Å². The van der Waals surface area contributed by atoms with Crippen LogP contribution in [-0.2, 0) is 0 Å². The Labute approximate surface area is 104 Å². The van der Waals surface area contributed by atoms with E-state index in [2.05, 4.69) is 35.1 Å². The maximum absolute atomic E-state index is 8.85. The predicted octanol–water partition coefficient (Wildman–Crippen LogP) is 1.85. The van der Waals surface area contributed by atoms with E-state index in [1.807, 2.05) is 0 Å². The number of piperazine rings is 1. The van der Waals surface area contributed by atoms with Gasteiger partial charge in [0.15, 0.2) is 10.3 Å². The summed E-state index contributed by atoms with van der Waals surface area (Å²) in [6, 6.07) is 2.88. The maximum Gasteiger partial charge on any atom is 0.188 e. The van der Waals surface area contributed by atoms with Crippen LogP contribution in [0, 0.1) is 11.3 Å². The normalized spacial score (nSPS) is 25.5. The third-order valence-electron chi connectivity index (χ3n) is 2.69. The molecule has 2 heterocycles. The summed E-state index contributed by atoms with van der Waals surface area (Å²) in [5.74, 6) is 0. The van der Waals surface area contributed by atoms with Crippen LogP contribution >= 0.6 is 22.9 Å². The fourth-order valence-corrected chi connectivity index (χ4v) is 2.93. The highest BCUT2D eigenvalue weighted by molar-refractivity contribution is 7.16. The molecule has 2 rings (SSSR count). The summed E-state index contributed by atoms with van der Waals surface area (Å²) in [5, 5.41) is 13.4. The van der Waals surface area contributed by atoms with Crippen molar-refractivity contribution in [3.63, 3.8) is 0 Å². The summed E-state index contributed by atoms with van der Waals surface area (Å²) in [6.45, 7) is 6.11. The van der Waals surface area contributed by atoms with Crippen LogP contribution in [-0.4, -0.2) is 30.2 Å². The van der Waals surface area contributed by atoms with Crippen molar-refractivity contribution >= 4 is 28.1 Å². The molecule has 6 heteroatoms. The molecule has 1 fully saturated rings. The molecule has 0 bridgehead atoms. The van der Waals surface area contributed by atoms with E-state index in [9.17, 15) is 0 Å². The van der Waals surface area contributed by atoms with E-state index < -0.39 is 0 Å². The van der Waals surface area contributed by atoms with Crippen molar-refractivity contribution in [1.82, 2.24) is 10.3 Å². The van der Waals surface area contributed by atoms with E-state index in [4.69, 9.17) is 16.9 Å². The first-order valence-electron chi connectivity index (χ1n) is 5.18. The number of thiazole rings is 1. The molecule has 0 radical (unpaired) electrons. The highest BCUT2D eigenvalue weighted by Gasteiger charge is 2.25. The molecule has 0 amide bonds. The molecule has 2 unspecified atom stereocenters. The molecule has 16 heavy (non-hydrogen) atoms. The lowest BCUT2D eigenvalue weighted by molar-refractivity contribution is 0.425. The van der Waals surface area contributed by atoms with Crippen molar-refractivity contribution in [2.45, 2.75) is 25.9 Å². The zero-order valence-electron chi connectivity index (χ0n) is 9.20. The van der Waals surface area contributed by atoms with Gasteiger partial charge < -0.3 is 10.2 Å². The van der Waals surface area contributed by atoms with E-state index in [0.717, 1.165) is 18.2 Å². The molecule has 1 aliphatic rings. The molecule has 1 aromatic heterocycles. The van der Waals surface area contributed by atoms with Crippen molar-refractivity contribution < 1.29 is 0 Å². The summed E-state index contributed by atoms with van der Waals surface area (Å²) in [7, 11) is 0. The number of halogens is 1. The molecule has 4 nitrogen and oxygen atoms in total. The summed E-state index contributed by atoms with van der Waals surface area (Å²) in [5.41, 5.74) is 0. The highest BCUT2D eigenvalue weighted by Crippen LogP contribution is 2.30. The summed E-state index contributed by atoms with van der Waals surface area (Å²) in [6.07, 6.45) is 0. The first kappa shape index (κ1) is 11.6. The molecule has 0 spiro atoms. The van der Waals surface area contributed by atoms with Crippen molar-refractivity contribution in [1.29, 1.82) is 5.26 Å². The first-order chi connectivity index (χ1) is 7.61. The van der Waals surface area contributed by atoms with Crippen LogP contribution in [0.3, 0.4) is 0 Å². The van der Waals surface area contributed by atoms with Gasteiger partial charge in [-0.05, 0) is 13.8 Å². The lowest BCUT2D eigenvalue weighted by atomic mass is 10.1. The molecule has 1 saturated heterocycles. The summed E-state index contributed by atoms with van der Waals surface area (Å²) in [4.78, 5) is 6.95. The predicted molar refractivity (Wildman–Crippen MR) is 66.1 cm³/mol. The van der Waals surface area contributed by atoms with Crippen LogP contribution < -0.4 is 10.2 Å². The number of nitriles is 1. The molecule has 1 aliphatic heterocycles. The van der Waals surface area contributed by atoms with Crippen LogP contribution in [0.4, 0.5) is 5.13 Å². The van der Waals surface area contributed by atoms with Crippen molar-refractivity contribution in [3.05, 3.63) is 10.0 Å². The van der Waals surface area contributed by atoms with Gasteiger partial charge in [-0.15, -0.1) is 0 Å². The third-order valence-corrected chi connectivity index (χ3v) is 4.07. The monoisotopic (exact) mass is 256 g/mol. The van der Waals surface area contributed by atoms with Crippen molar-refractivity contribution in [2.75, 3.05) is 18.0 Å². The zero-order valence-corrected chi connectivity index (χ0v) is 10.8. The Balaban J connectivity index is 2.25. The van der Waals surface area contributed by atoms with Crippen LogP contribution in [0.25, 0.3) is 0 Å². The third kappa shape index (κ3) is 2.14. The number of hydrogen-bond donors (Lipinski definition) is 1. The largest absolute Gasteiger partial charge is 0.342 e. The maximum atomic E-state index is 8.85. The second-order valence-corrected chi connectivity index (χ2v) is 5.37. The van der Waals surface area contributed by atoms with Gasteiger partial charge in [-0.25, -0.2) is 4.98 Å². The summed E-state index contributed by atoms with van der Waals surface area (Å²) < 4.78 is 0. The number of aromatic nitrogens is 1. The van der Waals surface area contributed by atoms with E-state index >= 15 is 0 Å². The quantitative estimate of drug-likeness (QED) is 0.833. The molecule has 0 saturated carbocycles. The van der Waals surface area contributed by atoms with Gasteiger partial charge in [-0.1, -0.05) is 22.9 Å². The Morgan fingerprint density at radius 1 is 1.62 bits per heavy atom. The number of hydrogen-bond acceptors (Lipinski definition) is 5. The fourth-order valence-electron chi connectivity index (χ4n) is 1.77. The first-order valence-corrected chi connectivity index (χ1v) is 6.37. The van der Waals surface area contributed by atoms with Gasteiger partial charge in [0.1, 0.15) is 10.9 Å². The van der Waals surface area contributed by atoms with Gasteiger partial charge >= 0.3 is 0 Å². The lowest BCUT2D eigenvalue weighted by Gasteiger charge is -2.37. The second-order valence-electron chi connectivity index (χ2n) is 4.04. The van der Waals surface area contributed by atoms with E-state index in [0.29, 0.717) is 22.1 Å². The number of rotatable bonds is 1.